The van der Waals surface area contributed by atoms with Gasteiger partial charge in [-0.25, -0.2) is 0 Å². The summed E-state index contributed by atoms with van der Waals surface area (Å²) in [5.41, 5.74) is 2.88. The maximum Gasteiger partial charge on any atom is 0.0899 e. The summed E-state index contributed by atoms with van der Waals surface area (Å²) in [5.74, 6) is 0.611. The van der Waals surface area contributed by atoms with Gasteiger partial charge in [0.05, 0.1) is 5.60 Å². The van der Waals surface area contributed by atoms with E-state index in [2.05, 4.69) is 53.8 Å². The fourth-order valence-electron chi connectivity index (χ4n) is 4.62. The molecule has 1 aliphatic heterocycles. The van der Waals surface area contributed by atoms with Crippen molar-refractivity contribution in [3.05, 3.63) is 60.2 Å². The van der Waals surface area contributed by atoms with E-state index in [4.69, 9.17) is 0 Å². The maximum absolute atomic E-state index is 11.3. The minimum atomic E-state index is -0.650. The Bertz CT molecular complexity index is 660. The van der Waals surface area contributed by atoms with Crippen molar-refractivity contribution in [3.8, 4) is 11.1 Å². The average molecular weight is 321 g/mol. The first-order valence-electron chi connectivity index (χ1n) is 9.36. The topological polar surface area (TPSA) is 32.3 Å². The highest BCUT2D eigenvalue weighted by atomic mass is 16.3. The first kappa shape index (κ1) is 15.9. The van der Waals surface area contributed by atoms with E-state index in [1.54, 1.807) is 0 Å². The molecule has 0 aromatic heterocycles. The van der Waals surface area contributed by atoms with Gasteiger partial charge in [0.1, 0.15) is 0 Å². The first-order chi connectivity index (χ1) is 11.7. The van der Waals surface area contributed by atoms with E-state index in [1.807, 2.05) is 6.07 Å². The zero-order valence-corrected chi connectivity index (χ0v) is 14.2. The Hall–Kier alpha value is -1.64. The predicted molar refractivity (Wildman–Crippen MR) is 98.8 cm³/mol. The highest BCUT2D eigenvalue weighted by molar-refractivity contribution is 5.63. The number of rotatable bonds is 3. The van der Waals surface area contributed by atoms with Crippen molar-refractivity contribution >= 4 is 0 Å². The molecule has 0 radical (unpaired) electrons. The third kappa shape index (κ3) is 3.13. The minimum absolute atomic E-state index is 0.611. The summed E-state index contributed by atoms with van der Waals surface area (Å²) < 4.78 is 0. The second-order valence-electron chi connectivity index (χ2n) is 7.53. The van der Waals surface area contributed by atoms with Crippen molar-refractivity contribution in [1.29, 1.82) is 0 Å². The van der Waals surface area contributed by atoms with Gasteiger partial charge in [0.15, 0.2) is 0 Å². The Morgan fingerprint density at radius 2 is 1.62 bits per heavy atom. The lowest BCUT2D eigenvalue weighted by atomic mass is 9.71. The van der Waals surface area contributed by atoms with Crippen molar-refractivity contribution < 1.29 is 5.11 Å². The second-order valence-corrected chi connectivity index (χ2v) is 7.53. The third-order valence-electron chi connectivity index (χ3n) is 5.96. The van der Waals surface area contributed by atoms with E-state index in [-0.39, 0.29) is 0 Å². The molecule has 2 N–H and O–H groups in total. The molecule has 2 aliphatic rings. The molecule has 1 saturated carbocycles. The van der Waals surface area contributed by atoms with Crippen LogP contribution in [0.25, 0.3) is 11.1 Å². The molecule has 126 valence electrons. The monoisotopic (exact) mass is 321 g/mol. The summed E-state index contributed by atoms with van der Waals surface area (Å²) >= 11 is 0. The number of benzene rings is 2. The van der Waals surface area contributed by atoms with Crippen LogP contribution in [0.3, 0.4) is 0 Å². The molecule has 4 rings (SSSR count). The predicted octanol–water partition coefficient (Wildman–Crippen LogP) is 4.48. The molecule has 1 aliphatic carbocycles. The highest BCUT2D eigenvalue weighted by Crippen LogP contribution is 2.42. The summed E-state index contributed by atoms with van der Waals surface area (Å²) in [7, 11) is 0. The zero-order chi connectivity index (χ0) is 16.4. The van der Waals surface area contributed by atoms with E-state index in [0.717, 1.165) is 31.4 Å². The molecule has 24 heavy (non-hydrogen) atoms. The quantitative estimate of drug-likeness (QED) is 0.873. The smallest absolute Gasteiger partial charge is 0.0899 e. The van der Waals surface area contributed by atoms with Gasteiger partial charge in [-0.1, -0.05) is 54.6 Å². The van der Waals surface area contributed by atoms with Crippen LogP contribution in [-0.4, -0.2) is 17.7 Å². The van der Waals surface area contributed by atoms with Gasteiger partial charge in [0, 0.05) is 6.04 Å². The maximum atomic E-state index is 11.3. The number of hydrogen-bond donors (Lipinski definition) is 2. The molecule has 2 aromatic rings. The summed E-state index contributed by atoms with van der Waals surface area (Å²) in [4.78, 5) is 0. The summed E-state index contributed by atoms with van der Waals surface area (Å²) in [6.07, 6.45) is 6.72. The van der Waals surface area contributed by atoms with Gasteiger partial charge in [0.2, 0.25) is 0 Å². The zero-order valence-electron chi connectivity index (χ0n) is 14.2. The molecule has 1 heterocycles. The van der Waals surface area contributed by atoms with Crippen molar-refractivity contribution in [2.75, 3.05) is 6.54 Å². The molecule has 3 atom stereocenters. The lowest BCUT2D eigenvalue weighted by molar-refractivity contribution is -0.0268. The minimum Gasteiger partial charge on any atom is -0.385 e. The Kier molecular flexibility index (Phi) is 4.43. The fourth-order valence-corrected chi connectivity index (χ4v) is 4.62. The lowest BCUT2D eigenvalue weighted by Crippen LogP contribution is -2.40. The normalized spacial score (nSPS) is 30.4. The van der Waals surface area contributed by atoms with Gasteiger partial charge in [-0.3, -0.25) is 0 Å². The SMILES string of the molecule is O[C@]1(c2ccc(-c3ccccc3)cc2)CCCC(C2CCCN2)C1. The average Bonchev–Trinajstić information content (AvgIpc) is 3.17. The number of aliphatic hydroxyl groups is 1. The van der Waals surface area contributed by atoms with Gasteiger partial charge < -0.3 is 10.4 Å². The van der Waals surface area contributed by atoms with Crippen molar-refractivity contribution in [3.63, 3.8) is 0 Å². The number of nitrogens with one attached hydrogen (secondary N) is 1. The molecule has 2 heteroatoms. The van der Waals surface area contributed by atoms with Crippen LogP contribution in [0.5, 0.6) is 0 Å². The molecule has 2 aromatic carbocycles. The first-order valence-corrected chi connectivity index (χ1v) is 9.36. The summed E-state index contributed by atoms with van der Waals surface area (Å²) in [6, 6.07) is 19.6. The molecule has 2 fully saturated rings. The Balaban J connectivity index is 1.53. The molecule has 0 bridgehead atoms. The Labute approximate surface area is 144 Å². The van der Waals surface area contributed by atoms with Crippen LogP contribution in [0.1, 0.15) is 44.1 Å². The van der Waals surface area contributed by atoms with Crippen LogP contribution < -0.4 is 5.32 Å². The lowest BCUT2D eigenvalue weighted by Gasteiger charge is -2.39. The van der Waals surface area contributed by atoms with E-state index in [0.29, 0.717) is 12.0 Å². The molecule has 0 spiro atoms. The van der Waals surface area contributed by atoms with Crippen molar-refractivity contribution in [2.24, 2.45) is 5.92 Å². The highest BCUT2D eigenvalue weighted by Gasteiger charge is 2.39. The number of hydrogen-bond acceptors (Lipinski definition) is 2. The molecule has 2 unspecified atom stereocenters. The van der Waals surface area contributed by atoms with Crippen molar-refractivity contribution in [2.45, 2.75) is 50.2 Å². The van der Waals surface area contributed by atoms with E-state index in [1.165, 1.54) is 30.4 Å². The van der Waals surface area contributed by atoms with Crippen LogP contribution >= 0.6 is 0 Å². The van der Waals surface area contributed by atoms with Gasteiger partial charge in [0.25, 0.3) is 0 Å². The van der Waals surface area contributed by atoms with E-state index >= 15 is 0 Å². The Morgan fingerprint density at radius 3 is 2.33 bits per heavy atom. The van der Waals surface area contributed by atoms with Gasteiger partial charge >= 0.3 is 0 Å². The van der Waals surface area contributed by atoms with E-state index < -0.39 is 5.60 Å². The van der Waals surface area contributed by atoms with Gasteiger partial charge in [-0.05, 0) is 67.7 Å². The van der Waals surface area contributed by atoms with Gasteiger partial charge in [-0.2, -0.15) is 0 Å². The summed E-state index contributed by atoms with van der Waals surface area (Å²) in [5, 5.41) is 14.9. The molecule has 2 nitrogen and oxygen atoms in total. The largest absolute Gasteiger partial charge is 0.385 e. The molecular formula is C22H27NO. The van der Waals surface area contributed by atoms with Gasteiger partial charge in [-0.15, -0.1) is 0 Å². The van der Waals surface area contributed by atoms with Crippen LogP contribution in [0.2, 0.25) is 0 Å². The summed E-state index contributed by atoms with van der Waals surface area (Å²) in [6.45, 7) is 1.14. The standard InChI is InChI=1S/C22H27NO/c24-22(14-4-8-19(16-22)21-9-5-15-23-21)20-12-10-18(11-13-20)17-6-2-1-3-7-17/h1-3,6-7,10-13,19,21,23-24H,4-5,8-9,14-16H2/t19?,21?,22-/m1/s1. The second kappa shape index (κ2) is 6.70. The van der Waals surface area contributed by atoms with Crippen LogP contribution in [0, 0.1) is 5.92 Å². The molecular weight excluding hydrogens is 294 g/mol. The molecule has 0 amide bonds. The van der Waals surface area contributed by atoms with Crippen LogP contribution in [0.15, 0.2) is 54.6 Å². The third-order valence-corrected chi connectivity index (χ3v) is 5.96. The molecule has 1 saturated heterocycles. The fraction of sp³-hybridized carbons (Fsp3) is 0.455. The Morgan fingerprint density at radius 1 is 0.875 bits per heavy atom. The van der Waals surface area contributed by atoms with Crippen LogP contribution in [-0.2, 0) is 5.60 Å². The van der Waals surface area contributed by atoms with Crippen LogP contribution in [0.4, 0.5) is 0 Å². The van der Waals surface area contributed by atoms with E-state index in [9.17, 15) is 5.11 Å². The van der Waals surface area contributed by atoms with Crippen molar-refractivity contribution in [1.82, 2.24) is 5.32 Å².